The van der Waals surface area contributed by atoms with Crippen LogP contribution in [0.1, 0.15) is 16.1 Å². The van der Waals surface area contributed by atoms with Crippen LogP contribution in [0, 0.1) is 12.7 Å². The molecule has 5 rings (SSSR count). The van der Waals surface area contributed by atoms with Crippen molar-refractivity contribution in [1.82, 2.24) is 24.5 Å². The van der Waals surface area contributed by atoms with Gasteiger partial charge < -0.3 is 24.7 Å². The lowest BCUT2D eigenvalue weighted by atomic mass is 10.1. The zero-order valence-electron chi connectivity index (χ0n) is 18.1. The molecule has 10 heteroatoms. The van der Waals surface area contributed by atoms with Gasteiger partial charge in [-0.2, -0.15) is 5.10 Å². The molecule has 3 aromatic heterocycles. The molecule has 4 heterocycles. The molecule has 0 atom stereocenters. The summed E-state index contributed by atoms with van der Waals surface area (Å²) in [6, 6.07) is 3.14. The van der Waals surface area contributed by atoms with Crippen LogP contribution in [0.25, 0.3) is 16.6 Å². The van der Waals surface area contributed by atoms with E-state index in [1.807, 2.05) is 19.3 Å². The Bertz CT molecular complexity index is 1340. The van der Waals surface area contributed by atoms with Crippen molar-refractivity contribution in [1.29, 1.82) is 0 Å². The molecule has 32 heavy (non-hydrogen) atoms. The van der Waals surface area contributed by atoms with Gasteiger partial charge in [0.2, 0.25) is 0 Å². The molecule has 166 valence electrons. The number of aromatic nitrogens is 4. The number of piperazine rings is 1. The number of halogens is 1. The van der Waals surface area contributed by atoms with Crippen molar-refractivity contribution in [3.05, 3.63) is 47.8 Å². The number of amides is 1. The number of carbonyl (C=O) groups is 1. The quantitative estimate of drug-likeness (QED) is 0.510. The second kappa shape index (κ2) is 7.79. The monoisotopic (exact) mass is 437 g/mol. The van der Waals surface area contributed by atoms with Gasteiger partial charge in [-0.25, -0.2) is 9.37 Å². The number of carbonyl (C=O) groups excluding carboxylic acids is 1. The first kappa shape index (κ1) is 20.3. The number of imidazole rings is 1. The van der Waals surface area contributed by atoms with Crippen molar-refractivity contribution in [2.75, 3.05) is 43.5 Å². The van der Waals surface area contributed by atoms with Gasteiger partial charge in [0.25, 0.3) is 5.91 Å². The number of aryl methyl sites for hydroxylation is 2. The van der Waals surface area contributed by atoms with Crippen molar-refractivity contribution in [2.45, 2.75) is 6.92 Å². The first-order valence-corrected chi connectivity index (χ1v) is 10.4. The van der Waals surface area contributed by atoms with E-state index in [1.165, 1.54) is 13.2 Å². The van der Waals surface area contributed by atoms with Gasteiger partial charge in [0.05, 0.1) is 24.2 Å². The van der Waals surface area contributed by atoms with Gasteiger partial charge >= 0.3 is 0 Å². The first-order valence-electron chi connectivity index (χ1n) is 10.4. The molecular weight excluding hydrogens is 413 g/mol. The number of fused-ring (bicyclic) bond motifs is 2. The summed E-state index contributed by atoms with van der Waals surface area (Å²) in [5.41, 5.74) is 3.04. The van der Waals surface area contributed by atoms with E-state index in [-0.39, 0.29) is 5.65 Å². The number of pyridine rings is 1. The van der Waals surface area contributed by atoms with E-state index in [0.717, 1.165) is 37.3 Å². The Morgan fingerprint density at radius 1 is 1.22 bits per heavy atom. The Morgan fingerprint density at radius 3 is 2.75 bits per heavy atom. The molecule has 1 amide bonds. The number of methoxy groups -OCH3 is 1. The smallest absolute Gasteiger partial charge is 0.261 e. The molecule has 0 aliphatic carbocycles. The summed E-state index contributed by atoms with van der Waals surface area (Å²) >= 11 is 0. The Morgan fingerprint density at radius 2 is 2.00 bits per heavy atom. The summed E-state index contributed by atoms with van der Waals surface area (Å²) in [5, 5.41) is 11.6. The predicted octanol–water partition coefficient (Wildman–Crippen LogP) is 2.34. The zero-order chi connectivity index (χ0) is 22.4. The van der Waals surface area contributed by atoms with Gasteiger partial charge in [0, 0.05) is 69.3 Å². The van der Waals surface area contributed by atoms with Gasteiger partial charge in [-0.15, -0.1) is 0 Å². The molecular formula is C22H24FN7O2. The molecule has 0 spiro atoms. The van der Waals surface area contributed by atoms with Gasteiger partial charge in [-0.3, -0.25) is 9.48 Å². The molecule has 0 radical (unpaired) electrons. The van der Waals surface area contributed by atoms with E-state index in [2.05, 4.69) is 25.6 Å². The van der Waals surface area contributed by atoms with Crippen LogP contribution in [0.15, 0.2) is 30.7 Å². The fourth-order valence-corrected chi connectivity index (χ4v) is 4.24. The summed E-state index contributed by atoms with van der Waals surface area (Å²) in [4.78, 5) is 19.8. The number of hydrogen-bond donors (Lipinski definition) is 2. The SMILES string of the molecule is COc1cc(N2CCNCC2)c2cn(C)nc2c1C(=O)Nc1cc(F)c2nc(C)cn2c1. The van der Waals surface area contributed by atoms with Crippen LogP contribution in [-0.2, 0) is 7.05 Å². The van der Waals surface area contributed by atoms with E-state index in [9.17, 15) is 9.18 Å². The van der Waals surface area contributed by atoms with Gasteiger partial charge in [-0.1, -0.05) is 0 Å². The molecule has 1 fully saturated rings. The summed E-state index contributed by atoms with van der Waals surface area (Å²) in [5.74, 6) is -0.518. The Hall–Kier alpha value is -3.66. The molecule has 1 aliphatic heterocycles. The predicted molar refractivity (Wildman–Crippen MR) is 120 cm³/mol. The van der Waals surface area contributed by atoms with Crippen LogP contribution in [-0.4, -0.2) is 58.4 Å². The number of nitrogens with zero attached hydrogens (tertiary/aromatic N) is 5. The van der Waals surface area contributed by atoms with Gasteiger partial charge in [0.15, 0.2) is 11.5 Å². The minimum absolute atomic E-state index is 0.213. The lowest BCUT2D eigenvalue weighted by Crippen LogP contribution is -2.43. The molecule has 9 nitrogen and oxygen atoms in total. The van der Waals surface area contributed by atoms with Crippen LogP contribution in [0.4, 0.5) is 15.8 Å². The van der Waals surface area contributed by atoms with Crippen molar-refractivity contribution >= 4 is 33.8 Å². The summed E-state index contributed by atoms with van der Waals surface area (Å²) < 4.78 is 23.3. The highest BCUT2D eigenvalue weighted by Crippen LogP contribution is 2.36. The topological polar surface area (TPSA) is 88.7 Å². The lowest BCUT2D eigenvalue weighted by molar-refractivity contribution is 0.102. The highest BCUT2D eigenvalue weighted by Gasteiger charge is 2.25. The zero-order valence-corrected chi connectivity index (χ0v) is 18.1. The van der Waals surface area contributed by atoms with E-state index < -0.39 is 11.7 Å². The third kappa shape index (κ3) is 3.42. The molecule has 0 unspecified atom stereocenters. The fourth-order valence-electron chi connectivity index (χ4n) is 4.24. The normalized spacial score (nSPS) is 14.3. The Balaban J connectivity index is 1.58. The lowest BCUT2D eigenvalue weighted by Gasteiger charge is -2.30. The number of ether oxygens (including phenoxy) is 1. The van der Waals surface area contributed by atoms with E-state index >= 15 is 0 Å². The van der Waals surface area contributed by atoms with E-state index in [4.69, 9.17) is 4.74 Å². The number of rotatable bonds is 4. The summed E-state index contributed by atoms with van der Waals surface area (Å²) in [6.45, 7) is 5.25. The van der Waals surface area contributed by atoms with Crippen molar-refractivity contribution < 1.29 is 13.9 Å². The van der Waals surface area contributed by atoms with Crippen molar-refractivity contribution in [2.24, 2.45) is 7.05 Å². The van der Waals surface area contributed by atoms with Crippen LogP contribution in [0.3, 0.4) is 0 Å². The average Bonchev–Trinajstić information content (AvgIpc) is 3.34. The third-order valence-corrected chi connectivity index (χ3v) is 5.65. The van der Waals surface area contributed by atoms with Gasteiger partial charge in [-0.05, 0) is 6.92 Å². The summed E-state index contributed by atoms with van der Waals surface area (Å²) in [6.07, 6.45) is 5.24. The molecule has 0 bridgehead atoms. The van der Waals surface area contributed by atoms with Crippen LogP contribution in [0.2, 0.25) is 0 Å². The number of nitrogens with one attached hydrogen (secondary N) is 2. The maximum absolute atomic E-state index is 14.5. The molecule has 1 saturated heterocycles. The second-order valence-corrected chi connectivity index (χ2v) is 7.92. The molecule has 2 N–H and O–H groups in total. The highest BCUT2D eigenvalue weighted by molar-refractivity contribution is 6.16. The standard InChI is InChI=1S/C22H24FN7O2/c1-13-10-30-11-14(8-16(23)21(30)25-13)26-22(31)19-18(32-3)9-17(29-6-4-24-5-7-29)15-12-28(2)27-20(15)19/h8-12,24H,4-7H2,1-3H3,(H,26,31). The Kier molecular flexibility index (Phi) is 4.93. The largest absolute Gasteiger partial charge is 0.496 e. The maximum Gasteiger partial charge on any atom is 0.261 e. The average molecular weight is 437 g/mol. The first-order chi connectivity index (χ1) is 15.4. The van der Waals surface area contributed by atoms with Crippen LogP contribution in [0.5, 0.6) is 5.75 Å². The van der Waals surface area contributed by atoms with Crippen LogP contribution >= 0.6 is 0 Å². The summed E-state index contributed by atoms with van der Waals surface area (Å²) in [7, 11) is 3.35. The minimum atomic E-state index is -0.514. The molecule has 1 aliphatic rings. The molecule has 1 aromatic carbocycles. The third-order valence-electron chi connectivity index (χ3n) is 5.65. The van der Waals surface area contributed by atoms with E-state index in [0.29, 0.717) is 28.2 Å². The molecule has 4 aromatic rings. The number of anilines is 2. The number of benzene rings is 1. The number of hydrogen-bond acceptors (Lipinski definition) is 6. The molecule has 0 saturated carbocycles. The minimum Gasteiger partial charge on any atom is -0.496 e. The van der Waals surface area contributed by atoms with Crippen molar-refractivity contribution in [3.63, 3.8) is 0 Å². The maximum atomic E-state index is 14.5. The van der Waals surface area contributed by atoms with Gasteiger partial charge in [0.1, 0.15) is 16.8 Å². The highest BCUT2D eigenvalue weighted by atomic mass is 19.1. The fraction of sp³-hybridized carbons (Fsp3) is 0.318. The van der Waals surface area contributed by atoms with E-state index in [1.54, 1.807) is 28.4 Å². The van der Waals surface area contributed by atoms with Crippen molar-refractivity contribution in [3.8, 4) is 5.75 Å². The Labute approximate surface area is 183 Å². The van der Waals surface area contributed by atoms with Crippen LogP contribution < -0.4 is 20.3 Å². The second-order valence-electron chi connectivity index (χ2n) is 7.92.